The van der Waals surface area contributed by atoms with Crippen LogP contribution in [0.25, 0.3) is 0 Å². The number of amides is 1. The van der Waals surface area contributed by atoms with Crippen LogP contribution < -0.4 is 10.2 Å². The van der Waals surface area contributed by atoms with Crippen molar-refractivity contribution in [3.63, 3.8) is 0 Å². The topological polar surface area (TPSA) is 105 Å². The summed E-state index contributed by atoms with van der Waals surface area (Å²) in [6.45, 7) is 2.45. The summed E-state index contributed by atoms with van der Waals surface area (Å²) < 4.78 is 37.7. The van der Waals surface area contributed by atoms with E-state index in [1.807, 2.05) is 25.1 Å². The zero-order chi connectivity index (χ0) is 23.3. The van der Waals surface area contributed by atoms with Crippen molar-refractivity contribution in [2.45, 2.75) is 11.8 Å². The summed E-state index contributed by atoms with van der Waals surface area (Å²) in [5.41, 5.74) is 2.04. The fourth-order valence-corrected chi connectivity index (χ4v) is 4.86. The number of aryl methyl sites for hydroxylation is 1. The summed E-state index contributed by atoms with van der Waals surface area (Å²) in [4.78, 5) is 26.5. The van der Waals surface area contributed by atoms with Gasteiger partial charge in [0.15, 0.2) is 6.61 Å². The first kappa shape index (κ1) is 23.7. The molecule has 0 radical (unpaired) electrons. The Morgan fingerprint density at radius 2 is 1.84 bits per heavy atom. The number of nitrogens with one attached hydrogen (secondary N) is 1. The first-order valence-electron chi connectivity index (χ1n) is 10.1. The van der Waals surface area contributed by atoms with Crippen LogP contribution in [0.4, 0.5) is 11.4 Å². The maximum absolute atomic E-state index is 13.0. The highest BCUT2D eigenvalue weighted by Gasteiger charge is 2.28. The molecule has 0 saturated carbocycles. The van der Waals surface area contributed by atoms with Crippen molar-refractivity contribution < 1.29 is 27.5 Å². The lowest BCUT2D eigenvalue weighted by Gasteiger charge is -2.26. The average Bonchev–Trinajstić information content (AvgIpc) is 2.79. The Bertz CT molecular complexity index is 1090. The summed E-state index contributed by atoms with van der Waals surface area (Å²) in [6.07, 6.45) is 0. The smallest absolute Gasteiger partial charge is 0.338 e. The second-order valence-corrected chi connectivity index (χ2v) is 9.47. The number of sulfonamides is 1. The van der Waals surface area contributed by atoms with Crippen LogP contribution >= 0.6 is 0 Å². The highest BCUT2D eigenvalue weighted by atomic mass is 32.2. The number of nitrogens with zero attached hydrogens (tertiary/aromatic N) is 2. The number of morpholine rings is 1. The van der Waals surface area contributed by atoms with Crippen LogP contribution in [0.15, 0.2) is 47.4 Å². The molecule has 1 aliphatic heterocycles. The molecule has 10 heteroatoms. The van der Waals surface area contributed by atoms with Gasteiger partial charge in [-0.25, -0.2) is 13.2 Å². The SMILES string of the molecule is Cc1ccc(NC(=O)COC(=O)c2cccc(N(C)C)c2)cc1S(=O)(=O)N1CCOCC1. The highest BCUT2D eigenvalue weighted by Crippen LogP contribution is 2.24. The monoisotopic (exact) mass is 461 g/mol. The van der Waals surface area contributed by atoms with Crippen molar-refractivity contribution in [1.82, 2.24) is 4.31 Å². The summed E-state index contributed by atoms with van der Waals surface area (Å²) in [5.74, 6) is -1.19. The second-order valence-electron chi connectivity index (χ2n) is 7.57. The molecule has 1 N–H and O–H groups in total. The Hall–Kier alpha value is -2.95. The zero-order valence-corrected chi connectivity index (χ0v) is 19.1. The van der Waals surface area contributed by atoms with Gasteiger partial charge in [0.25, 0.3) is 5.91 Å². The molecular weight excluding hydrogens is 434 g/mol. The Labute approximate surface area is 188 Å². The first-order chi connectivity index (χ1) is 15.2. The van der Waals surface area contributed by atoms with Crippen LogP contribution in [0.3, 0.4) is 0 Å². The van der Waals surface area contributed by atoms with Crippen molar-refractivity contribution in [3.05, 3.63) is 53.6 Å². The lowest BCUT2D eigenvalue weighted by Crippen LogP contribution is -2.40. The van der Waals surface area contributed by atoms with Gasteiger partial charge < -0.3 is 19.7 Å². The van der Waals surface area contributed by atoms with Gasteiger partial charge in [-0.15, -0.1) is 0 Å². The fourth-order valence-electron chi connectivity index (χ4n) is 3.20. The van der Waals surface area contributed by atoms with Crippen LogP contribution in [-0.4, -0.2) is 71.6 Å². The molecule has 32 heavy (non-hydrogen) atoms. The molecule has 0 atom stereocenters. The minimum absolute atomic E-state index is 0.120. The molecule has 1 amide bonds. The lowest BCUT2D eigenvalue weighted by atomic mass is 10.2. The van der Waals surface area contributed by atoms with Crippen LogP contribution in [0.2, 0.25) is 0 Å². The predicted octanol–water partition coefficient (Wildman–Crippen LogP) is 1.88. The van der Waals surface area contributed by atoms with Gasteiger partial charge in [0.05, 0.1) is 23.7 Å². The number of hydrogen-bond donors (Lipinski definition) is 1. The van der Waals surface area contributed by atoms with Crippen LogP contribution in [0, 0.1) is 6.92 Å². The van der Waals surface area contributed by atoms with E-state index in [4.69, 9.17) is 9.47 Å². The summed E-state index contributed by atoms with van der Waals surface area (Å²) in [5, 5.41) is 2.59. The Morgan fingerprint density at radius 1 is 1.12 bits per heavy atom. The third kappa shape index (κ3) is 5.64. The largest absolute Gasteiger partial charge is 0.452 e. The minimum atomic E-state index is -3.71. The van der Waals surface area contributed by atoms with Gasteiger partial charge in [-0.2, -0.15) is 4.31 Å². The molecule has 172 valence electrons. The average molecular weight is 462 g/mol. The van der Waals surface area contributed by atoms with E-state index in [2.05, 4.69) is 5.32 Å². The van der Waals surface area contributed by atoms with Gasteiger partial charge >= 0.3 is 5.97 Å². The summed E-state index contributed by atoms with van der Waals surface area (Å²) in [7, 11) is -0.00293. The van der Waals surface area contributed by atoms with Crippen molar-refractivity contribution in [2.75, 3.05) is 57.2 Å². The van der Waals surface area contributed by atoms with Gasteiger partial charge in [0.1, 0.15) is 0 Å². The van der Waals surface area contributed by atoms with E-state index in [1.54, 1.807) is 37.3 Å². The molecule has 2 aromatic rings. The molecule has 1 fully saturated rings. The molecule has 0 aromatic heterocycles. The summed E-state index contributed by atoms with van der Waals surface area (Å²) in [6, 6.07) is 11.5. The van der Waals surface area contributed by atoms with E-state index in [0.29, 0.717) is 30.0 Å². The minimum Gasteiger partial charge on any atom is -0.452 e. The number of ether oxygens (including phenoxy) is 2. The maximum atomic E-state index is 13.0. The summed E-state index contributed by atoms with van der Waals surface area (Å²) >= 11 is 0. The molecular formula is C22H27N3O6S. The van der Waals surface area contributed by atoms with Crippen molar-refractivity contribution >= 4 is 33.3 Å². The highest BCUT2D eigenvalue weighted by molar-refractivity contribution is 7.89. The van der Waals surface area contributed by atoms with Crippen LogP contribution in [-0.2, 0) is 24.3 Å². The second kappa shape index (κ2) is 10.1. The molecule has 0 aliphatic carbocycles. The van der Waals surface area contributed by atoms with Crippen molar-refractivity contribution in [3.8, 4) is 0 Å². The molecule has 1 saturated heterocycles. The number of esters is 1. The van der Waals surface area contributed by atoms with Crippen LogP contribution in [0.5, 0.6) is 0 Å². The van der Waals surface area contributed by atoms with Crippen molar-refractivity contribution in [2.24, 2.45) is 0 Å². The lowest BCUT2D eigenvalue weighted by molar-refractivity contribution is -0.119. The van der Waals surface area contributed by atoms with E-state index < -0.39 is 28.5 Å². The first-order valence-corrected chi connectivity index (χ1v) is 11.6. The standard InChI is InChI=1S/C22H27N3O6S/c1-16-7-8-18(14-20(16)32(28,29)25-9-11-30-12-10-25)23-21(26)15-31-22(27)17-5-4-6-19(13-17)24(2)3/h4-8,13-14H,9-12,15H2,1-3H3,(H,23,26). The Balaban J connectivity index is 1.65. The Morgan fingerprint density at radius 3 is 2.53 bits per heavy atom. The van der Waals surface area contributed by atoms with E-state index in [-0.39, 0.29) is 18.0 Å². The zero-order valence-electron chi connectivity index (χ0n) is 18.3. The number of carbonyl (C=O) groups excluding carboxylic acids is 2. The molecule has 0 bridgehead atoms. The molecule has 3 rings (SSSR count). The van der Waals surface area contributed by atoms with Crippen LogP contribution in [0.1, 0.15) is 15.9 Å². The van der Waals surface area contributed by atoms with Gasteiger partial charge in [-0.1, -0.05) is 12.1 Å². The fraction of sp³-hybridized carbons (Fsp3) is 0.364. The quantitative estimate of drug-likeness (QED) is 0.628. The maximum Gasteiger partial charge on any atom is 0.338 e. The molecule has 9 nitrogen and oxygen atoms in total. The van der Waals surface area contributed by atoms with E-state index in [1.165, 1.54) is 10.4 Å². The number of anilines is 2. The van der Waals surface area contributed by atoms with E-state index in [9.17, 15) is 18.0 Å². The third-order valence-corrected chi connectivity index (χ3v) is 7.03. The molecule has 1 heterocycles. The molecule has 2 aromatic carbocycles. The number of benzene rings is 2. The third-order valence-electron chi connectivity index (χ3n) is 4.99. The van der Waals surface area contributed by atoms with E-state index in [0.717, 1.165) is 5.69 Å². The van der Waals surface area contributed by atoms with Crippen molar-refractivity contribution in [1.29, 1.82) is 0 Å². The number of rotatable bonds is 7. The number of carbonyl (C=O) groups is 2. The normalized spacial score (nSPS) is 14.6. The molecule has 0 unspecified atom stereocenters. The number of hydrogen-bond acceptors (Lipinski definition) is 7. The van der Waals surface area contributed by atoms with Gasteiger partial charge in [0.2, 0.25) is 10.0 Å². The Kier molecular flexibility index (Phi) is 7.49. The predicted molar refractivity (Wildman–Crippen MR) is 120 cm³/mol. The van der Waals surface area contributed by atoms with Gasteiger partial charge in [0, 0.05) is 38.6 Å². The molecule has 1 aliphatic rings. The van der Waals surface area contributed by atoms with E-state index >= 15 is 0 Å². The van der Waals surface area contributed by atoms with Gasteiger partial charge in [-0.05, 0) is 42.8 Å². The van der Waals surface area contributed by atoms with Gasteiger partial charge in [-0.3, -0.25) is 4.79 Å². The molecule has 0 spiro atoms.